The summed E-state index contributed by atoms with van der Waals surface area (Å²) in [5, 5.41) is 6.46. The highest BCUT2D eigenvalue weighted by atomic mass is 16.2. The number of rotatable bonds is 4. The third-order valence-electron chi connectivity index (χ3n) is 4.24. The molecule has 0 bridgehead atoms. The van der Waals surface area contributed by atoms with Crippen LogP contribution in [0, 0.1) is 0 Å². The van der Waals surface area contributed by atoms with Crippen molar-refractivity contribution >= 4 is 22.9 Å². The molecular formula is C19H23N3O. The molecule has 1 fully saturated rings. The zero-order valence-electron chi connectivity index (χ0n) is 13.4. The monoisotopic (exact) mass is 309 g/mol. The van der Waals surface area contributed by atoms with Crippen LogP contribution >= 0.6 is 0 Å². The van der Waals surface area contributed by atoms with Crippen LogP contribution in [0.4, 0.5) is 0 Å². The molecule has 4 heteroatoms. The Labute approximate surface area is 137 Å². The van der Waals surface area contributed by atoms with Gasteiger partial charge in [-0.05, 0) is 48.3 Å². The van der Waals surface area contributed by atoms with Gasteiger partial charge in [0.05, 0.1) is 12.8 Å². The first-order valence-corrected chi connectivity index (χ1v) is 8.34. The van der Waals surface area contributed by atoms with E-state index < -0.39 is 0 Å². The van der Waals surface area contributed by atoms with Gasteiger partial charge in [-0.1, -0.05) is 49.2 Å². The number of carbonyl (C=O) groups excluding carboxylic acids is 1. The van der Waals surface area contributed by atoms with Crippen molar-refractivity contribution in [2.45, 2.75) is 25.7 Å². The molecule has 2 aromatic rings. The minimum absolute atomic E-state index is 0.0380. The molecular weight excluding hydrogens is 286 g/mol. The molecule has 1 N–H and O–H groups in total. The Bertz CT molecular complexity index is 688. The van der Waals surface area contributed by atoms with E-state index in [1.54, 1.807) is 6.21 Å². The topological polar surface area (TPSA) is 44.7 Å². The summed E-state index contributed by atoms with van der Waals surface area (Å²) in [4.78, 5) is 14.2. The van der Waals surface area contributed by atoms with Gasteiger partial charge in [-0.15, -0.1) is 0 Å². The lowest BCUT2D eigenvalue weighted by molar-refractivity contribution is -0.122. The Kier molecular flexibility index (Phi) is 5.37. The highest BCUT2D eigenvalue weighted by Gasteiger charge is 2.12. The first-order valence-electron chi connectivity index (χ1n) is 8.34. The Hall–Kier alpha value is -2.20. The number of hydrazone groups is 1. The second-order valence-electron chi connectivity index (χ2n) is 6.09. The number of hydrogen-bond acceptors (Lipinski definition) is 3. The van der Waals surface area contributed by atoms with Gasteiger partial charge >= 0.3 is 0 Å². The summed E-state index contributed by atoms with van der Waals surface area (Å²) < 4.78 is 0. The Morgan fingerprint density at radius 1 is 1.04 bits per heavy atom. The van der Waals surface area contributed by atoms with Gasteiger partial charge in [0.15, 0.2) is 0 Å². The zero-order chi connectivity index (χ0) is 15.9. The fraction of sp³-hybridized carbons (Fsp3) is 0.368. The maximum absolute atomic E-state index is 12.0. The van der Waals surface area contributed by atoms with Gasteiger partial charge in [0, 0.05) is 0 Å². The van der Waals surface area contributed by atoms with Crippen molar-refractivity contribution in [2.75, 3.05) is 19.6 Å². The van der Waals surface area contributed by atoms with Gasteiger partial charge in [0.1, 0.15) is 0 Å². The summed E-state index contributed by atoms with van der Waals surface area (Å²) in [7, 11) is 0. The largest absolute Gasteiger partial charge is 0.294 e. The van der Waals surface area contributed by atoms with Crippen molar-refractivity contribution in [3.05, 3.63) is 48.0 Å². The van der Waals surface area contributed by atoms with Gasteiger partial charge in [-0.25, -0.2) is 5.43 Å². The highest BCUT2D eigenvalue weighted by molar-refractivity contribution is 5.90. The van der Waals surface area contributed by atoms with Crippen molar-refractivity contribution in [3.8, 4) is 0 Å². The molecule has 1 aliphatic heterocycles. The molecule has 1 aliphatic rings. The molecule has 4 nitrogen and oxygen atoms in total. The summed E-state index contributed by atoms with van der Waals surface area (Å²) in [5.41, 5.74) is 3.62. The van der Waals surface area contributed by atoms with Gasteiger partial charge in [-0.3, -0.25) is 9.69 Å². The average Bonchev–Trinajstić information content (AvgIpc) is 2.83. The highest BCUT2D eigenvalue weighted by Crippen LogP contribution is 2.14. The minimum Gasteiger partial charge on any atom is -0.294 e. The van der Waals surface area contributed by atoms with Crippen molar-refractivity contribution in [1.82, 2.24) is 10.3 Å². The van der Waals surface area contributed by atoms with E-state index in [-0.39, 0.29) is 5.91 Å². The number of nitrogens with one attached hydrogen (secondary N) is 1. The van der Waals surface area contributed by atoms with E-state index in [2.05, 4.69) is 39.7 Å². The second kappa shape index (κ2) is 7.88. The summed E-state index contributed by atoms with van der Waals surface area (Å²) >= 11 is 0. The first-order chi connectivity index (χ1) is 11.3. The van der Waals surface area contributed by atoms with Crippen molar-refractivity contribution in [1.29, 1.82) is 0 Å². The van der Waals surface area contributed by atoms with Crippen LogP contribution in [0.2, 0.25) is 0 Å². The van der Waals surface area contributed by atoms with E-state index in [0.717, 1.165) is 18.7 Å². The van der Waals surface area contributed by atoms with Crippen molar-refractivity contribution in [2.24, 2.45) is 5.10 Å². The molecule has 2 aromatic carbocycles. The molecule has 0 aromatic heterocycles. The molecule has 3 rings (SSSR count). The number of fused-ring (bicyclic) bond motifs is 1. The summed E-state index contributed by atoms with van der Waals surface area (Å²) in [6.45, 7) is 2.47. The molecule has 0 aliphatic carbocycles. The molecule has 0 atom stereocenters. The number of nitrogens with zero attached hydrogens (tertiary/aromatic N) is 2. The van der Waals surface area contributed by atoms with Crippen molar-refractivity contribution < 1.29 is 4.79 Å². The Morgan fingerprint density at radius 2 is 1.78 bits per heavy atom. The lowest BCUT2D eigenvalue weighted by Crippen LogP contribution is -2.35. The average molecular weight is 309 g/mol. The second-order valence-corrected chi connectivity index (χ2v) is 6.09. The van der Waals surface area contributed by atoms with Crippen LogP contribution in [0.5, 0.6) is 0 Å². The Balaban J connectivity index is 1.53. The van der Waals surface area contributed by atoms with Crippen LogP contribution in [0.15, 0.2) is 47.6 Å². The van der Waals surface area contributed by atoms with Gasteiger partial charge in [-0.2, -0.15) is 5.10 Å². The molecule has 0 unspecified atom stereocenters. The van der Waals surface area contributed by atoms with Gasteiger partial charge in [0.2, 0.25) is 0 Å². The predicted molar refractivity (Wildman–Crippen MR) is 94.6 cm³/mol. The lowest BCUT2D eigenvalue weighted by atomic mass is 10.1. The third kappa shape index (κ3) is 4.63. The van der Waals surface area contributed by atoms with Crippen LogP contribution in [-0.2, 0) is 4.79 Å². The summed E-state index contributed by atoms with van der Waals surface area (Å²) in [5.74, 6) is -0.0380. The van der Waals surface area contributed by atoms with Gasteiger partial charge < -0.3 is 0 Å². The van der Waals surface area contributed by atoms with Crippen molar-refractivity contribution in [3.63, 3.8) is 0 Å². The van der Waals surface area contributed by atoms with E-state index in [1.807, 2.05) is 18.2 Å². The van der Waals surface area contributed by atoms with Crippen LogP contribution in [0.1, 0.15) is 31.2 Å². The molecule has 120 valence electrons. The van der Waals surface area contributed by atoms with E-state index in [4.69, 9.17) is 0 Å². The number of benzene rings is 2. The molecule has 0 saturated carbocycles. The molecule has 0 spiro atoms. The lowest BCUT2D eigenvalue weighted by Gasteiger charge is -2.17. The quantitative estimate of drug-likeness (QED) is 0.696. The normalized spacial score (nSPS) is 16.5. The van der Waals surface area contributed by atoms with Crippen LogP contribution in [0.25, 0.3) is 10.8 Å². The molecule has 1 amide bonds. The molecule has 1 heterocycles. The molecule has 23 heavy (non-hydrogen) atoms. The maximum atomic E-state index is 12.0. The fourth-order valence-corrected chi connectivity index (χ4v) is 3.00. The van der Waals surface area contributed by atoms with E-state index in [1.165, 1.54) is 36.5 Å². The predicted octanol–water partition coefficient (Wildman–Crippen LogP) is 3.17. The van der Waals surface area contributed by atoms with E-state index in [0.29, 0.717) is 6.54 Å². The molecule has 1 saturated heterocycles. The number of likely N-dealkylation sites (tertiary alicyclic amines) is 1. The smallest absolute Gasteiger partial charge is 0.254 e. The first kappa shape index (κ1) is 15.7. The Morgan fingerprint density at radius 3 is 2.57 bits per heavy atom. The summed E-state index contributed by atoms with van der Waals surface area (Å²) in [6, 6.07) is 14.3. The number of carbonyl (C=O) groups is 1. The van der Waals surface area contributed by atoms with Crippen LogP contribution in [-0.4, -0.2) is 36.7 Å². The third-order valence-corrected chi connectivity index (χ3v) is 4.24. The molecule has 0 radical (unpaired) electrons. The number of amides is 1. The van der Waals surface area contributed by atoms with E-state index >= 15 is 0 Å². The van der Waals surface area contributed by atoms with Gasteiger partial charge in [0.25, 0.3) is 5.91 Å². The SMILES string of the molecule is O=C(CN1CCCCCC1)N/N=C/c1ccc2ccccc2c1. The number of hydrogen-bond donors (Lipinski definition) is 1. The zero-order valence-corrected chi connectivity index (χ0v) is 13.4. The van der Waals surface area contributed by atoms with Crippen LogP contribution in [0.3, 0.4) is 0 Å². The van der Waals surface area contributed by atoms with E-state index in [9.17, 15) is 4.79 Å². The summed E-state index contributed by atoms with van der Waals surface area (Å²) in [6.07, 6.45) is 6.63. The minimum atomic E-state index is -0.0380. The standard InChI is InChI=1S/C19H23N3O/c23-19(15-22-11-5-1-2-6-12-22)21-20-14-16-9-10-17-7-3-4-8-18(17)13-16/h3-4,7-10,13-14H,1-2,5-6,11-12,15H2,(H,21,23)/b20-14+. The fourth-order valence-electron chi connectivity index (χ4n) is 3.00. The van der Waals surface area contributed by atoms with Crippen LogP contribution < -0.4 is 5.43 Å². The maximum Gasteiger partial charge on any atom is 0.254 e.